The molecule has 7 nitrogen and oxygen atoms in total. The van der Waals surface area contributed by atoms with Crippen LogP contribution >= 0.6 is 11.6 Å². The molecule has 0 bridgehead atoms. The molecule has 1 aliphatic carbocycles. The highest BCUT2D eigenvalue weighted by atomic mass is 35.5. The Hall–Kier alpha value is -3.01. The Morgan fingerprint density at radius 2 is 1.88 bits per heavy atom. The van der Waals surface area contributed by atoms with E-state index in [-0.39, 0.29) is 35.2 Å². The molecule has 0 spiro atoms. The first-order valence-corrected chi connectivity index (χ1v) is 10.9. The Balaban J connectivity index is 1.27. The summed E-state index contributed by atoms with van der Waals surface area (Å²) in [5.74, 6) is 0.592. The Morgan fingerprint density at radius 1 is 1.15 bits per heavy atom. The number of rotatable bonds is 6. The van der Waals surface area contributed by atoms with Gasteiger partial charge >= 0.3 is 6.18 Å². The van der Waals surface area contributed by atoms with Crippen LogP contribution in [0.5, 0.6) is 5.75 Å². The molecule has 2 aliphatic rings. The molecule has 0 radical (unpaired) electrons. The Morgan fingerprint density at radius 3 is 2.52 bits per heavy atom. The van der Waals surface area contributed by atoms with E-state index in [2.05, 4.69) is 10.3 Å². The summed E-state index contributed by atoms with van der Waals surface area (Å²) in [4.78, 5) is 31.7. The number of nitrogens with zero attached hydrogens (tertiary/aromatic N) is 3. The maximum Gasteiger partial charge on any atom is 0.417 e. The van der Waals surface area contributed by atoms with E-state index in [1.807, 2.05) is 0 Å². The lowest BCUT2D eigenvalue weighted by atomic mass is 10.2. The van der Waals surface area contributed by atoms with Gasteiger partial charge in [0.2, 0.25) is 5.91 Å². The number of carbonyl (C=O) groups is 2. The van der Waals surface area contributed by atoms with Crippen molar-refractivity contribution in [2.75, 3.05) is 43.0 Å². The fraction of sp³-hybridized carbons (Fsp3) is 0.409. The topological polar surface area (TPSA) is 74.8 Å². The van der Waals surface area contributed by atoms with Gasteiger partial charge in [0.05, 0.1) is 10.6 Å². The first-order chi connectivity index (χ1) is 15.7. The molecule has 176 valence electrons. The smallest absolute Gasteiger partial charge is 0.417 e. The predicted molar refractivity (Wildman–Crippen MR) is 116 cm³/mol. The molecule has 2 fully saturated rings. The number of piperazine rings is 1. The van der Waals surface area contributed by atoms with E-state index >= 15 is 0 Å². The van der Waals surface area contributed by atoms with E-state index in [1.54, 1.807) is 34.1 Å². The summed E-state index contributed by atoms with van der Waals surface area (Å²) >= 11 is 6.02. The molecule has 0 unspecified atom stereocenters. The van der Waals surface area contributed by atoms with E-state index in [9.17, 15) is 22.8 Å². The summed E-state index contributed by atoms with van der Waals surface area (Å²) in [6, 6.07) is 7.73. The van der Waals surface area contributed by atoms with Crippen molar-refractivity contribution in [1.29, 1.82) is 0 Å². The van der Waals surface area contributed by atoms with Crippen LogP contribution in [0.25, 0.3) is 0 Å². The van der Waals surface area contributed by atoms with Gasteiger partial charge in [-0.2, -0.15) is 13.2 Å². The second kappa shape index (κ2) is 9.46. The standard InChI is InChI=1S/C22H22ClF3N4O3/c23-18-10-15(22(24,25)26)12-27-20(18)30-8-6-29(7-9-30)19(31)13-33-17-3-1-2-16(11-17)28-21(32)14-4-5-14/h1-3,10-12,14H,4-9,13H2,(H,28,32). The Bertz CT molecular complexity index is 1040. The predicted octanol–water partition coefficient (Wildman–Crippen LogP) is 3.83. The molecule has 1 aromatic heterocycles. The Kier molecular flexibility index (Phi) is 6.64. The number of benzene rings is 1. The lowest BCUT2D eigenvalue weighted by Crippen LogP contribution is -2.50. The van der Waals surface area contributed by atoms with Crippen molar-refractivity contribution in [1.82, 2.24) is 9.88 Å². The summed E-state index contributed by atoms with van der Waals surface area (Å²) in [6.07, 6.45) is -1.94. The van der Waals surface area contributed by atoms with Crippen LogP contribution in [-0.2, 0) is 15.8 Å². The highest BCUT2D eigenvalue weighted by Crippen LogP contribution is 2.34. The third-order valence-electron chi connectivity index (χ3n) is 5.49. The average Bonchev–Trinajstić information content (AvgIpc) is 3.63. The second-order valence-electron chi connectivity index (χ2n) is 7.98. The van der Waals surface area contributed by atoms with Crippen molar-refractivity contribution in [2.45, 2.75) is 19.0 Å². The maximum absolute atomic E-state index is 12.8. The van der Waals surface area contributed by atoms with Gasteiger partial charge in [0.1, 0.15) is 11.6 Å². The largest absolute Gasteiger partial charge is 0.484 e. The van der Waals surface area contributed by atoms with Crippen molar-refractivity contribution >= 4 is 34.9 Å². The summed E-state index contributed by atoms with van der Waals surface area (Å²) < 4.78 is 44.0. The number of hydrogen-bond donors (Lipinski definition) is 1. The summed E-state index contributed by atoms with van der Waals surface area (Å²) in [6.45, 7) is 1.32. The number of ether oxygens (including phenoxy) is 1. The van der Waals surface area contributed by atoms with Crippen LogP contribution < -0.4 is 15.0 Å². The van der Waals surface area contributed by atoms with Crippen LogP contribution in [0.15, 0.2) is 36.5 Å². The van der Waals surface area contributed by atoms with Crippen molar-refractivity contribution in [3.8, 4) is 5.75 Å². The fourth-order valence-electron chi connectivity index (χ4n) is 3.48. The zero-order valence-electron chi connectivity index (χ0n) is 17.6. The van der Waals surface area contributed by atoms with E-state index in [1.165, 1.54) is 0 Å². The van der Waals surface area contributed by atoms with Crippen LogP contribution in [0.2, 0.25) is 5.02 Å². The summed E-state index contributed by atoms with van der Waals surface area (Å²) in [5, 5.41) is 2.75. The summed E-state index contributed by atoms with van der Waals surface area (Å²) in [7, 11) is 0. The van der Waals surface area contributed by atoms with E-state index in [0.29, 0.717) is 37.6 Å². The van der Waals surface area contributed by atoms with Crippen LogP contribution in [0.1, 0.15) is 18.4 Å². The van der Waals surface area contributed by atoms with Crippen LogP contribution in [-0.4, -0.2) is 54.5 Å². The van der Waals surface area contributed by atoms with Crippen LogP contribution in [0.3, 0.4) is 0 Å². The molecule has 2 aromatic rings. The quantitative estimate of drug-likeness (QED) is 0.677. The van der Waals surface area contributed by atoms with Crippen LogP contribution in [0.4, 0.5) is 24.7 Å². The number of alkyl halides is 3. The number of carbonyl (C=O) groups excluding carboxylic acids is 2. The second-order valence-corrected chi connectivity index (χ2v) is 8.38. The average molecular weight is 483 g/mol. The van der Waals surface area contributed by atoms with E-state index < -0.39 is 11.7 Å². The number of anilines is 2. The number of aromatic nitrogens is 1. The SMILES string of the molecule is O=C(Nc1cccc(OCC(=O)N2CCN(c3ncc(C(F)(F)F)cc3Cl)CC2)c1)C1CC1. The molecule has 1 saturated heterocycles. The summed E-state index contributed by atoms with van der Waals surface area (Å²) in [5.41, 5.74) is -0.287. The lowest BCUT2D eigenvalue weighted by molar-refractivity contribution is -0.138. The van der Waals surface area contributed by atoms with Gasteiger partial charge in [0.25, 0.3) is 5.91 Å². The molecular formula is C22H22ClF3N4O3. The Labute approximate surface area is 193 Å². The highest BCUT2D eigenvalue weighted by molar-refractivity contribution is 6.33. The first-order valence-electron chi connectivity index (χ1n) is 10.5. The maximum atomic E-state index is 12.8. The minimum Gasteiger partial charge on any atom is -0.484 e. The minimum atomic E-state index is -4.51. The van der Waals surface area contributed by atoms with Gasteiger partial charge in [-0.1, -0.05) is 17.7 Å². The van der Waals surface area contributed by atoms with Gasteiger partial charge in [0, 0.05) is 50.0 Å². The number of pyridine rings is 1. The van der Waals surface area contributed by atoms with E-state index in [4.69, 9.17) is 16.3 Å². The van der Waals surface area contributed by atoms with Crippen molar-refractivity contribution < 1.29 is 27.5 Å². The molecule has 1 aromatic carbocycles. The van der Waals surface area contributed by atoms with Gasteiger partial charge in [0.15, 0.2) is 6.61 Å². The monoisotopic (exact) mass is 482 g/mol. The van der Waals surface area contributed by atoms with Gasteiger partial charge in [-0.15, -0.1) is 0 Å². The molecule has 1 saturated carbocycles. The highest BCUT2D eigenvalue weighted by Gasteiger charge is 2.33. The molecule has 0 atom stereocenters. The zero-order chi connectivity index (χ0) is 23.6. The molecule has 33 heavy (non-hydrogen) atoms. The van der Waals surface area contributed by atoms with Crippen LogP contribution in [0, 0.1) is 5.92 Å². The first kappa shape index (κ1) is 23.2. The van der Waals surface area contributed by atoms with Gasteiger partial charge in [-0.3, -0.25) is 9.59 Å². The molecule has 4 rings (SSSR count). The van der Waals surface area contributed by atoms with Gasteiger partial charge < -0.3 is 19.9 Å². The van der Waals surface area contributed by atoms with Crippen molar-refractivity contribution in [2.24, 2.45) is 5.92 Å². The third kappa shape index (κ3) is 5.87. The molecule has 2 heterocycles. The number of amides is 2. The fourth-order valence-corrected chi connectivity index (χ4v) is 3.76. The van der Waals surface area contributed by atoms with Gasteiger partial charge in [-0.25, -0.2) is 4.98 Å². The number of nitrogens with one attached hydrogen (secondary N) is 1. The molecule has 11 heteroatoms. The number of hydrogen-bond acceptors (Lipinski definition) is 5. The molecule has 2 amide bonds. The molecule has 1 N–H and O–H groups in total. The third-order valence-corrected chi connectivity index (χ3v) is 5.77. The molecular weight excluding hydrogens is 461 g/mol. The minimum absolute atomic E-state index is 0.0104. The van der Waals surface area contributed by atoms with Crippen molar-refractivity contribution in [3.63, 3.8) is 0 Å². The van der Waals surface area contributed by atoms with Crippen molar-refractivity contribution in [3.05, 3.63) is 47.1 Å². The normalized spacial score (nSPS) is 16.5. The lowest BCUT2D eigenvalue weighted by Gasteiger charge is -2.35. The van der Waals surface area contributed by atoms with Gasteiger partial charge in [-0.05, 0) is 31.0 Å². The number of halogens is 4. The molecule has 1 aliphatic heterocycles. The zero-order valence-corrected chi connectivity index (χ0v) is 18.3. The van der Waals surface area contributed by atoms with E-state index in [0.717, 1.165) is 25.1 Å².